The lowest BCUT2D eigenvalue weighted by Crippen LogP contribution is -2.51. The Bertz CT molecular complexity index is 2430. The number of methoxy groups -OCH3 is 2. The van der Waals surface area contributed by atoms with Crippen LogP contribution in [0.3, 0.4) is 0 Å². The van der Waals surface area contributed by atoms with Gasteiger partial charge in [0.15, 0.2) is 0 Å². The van der Waals surface area contributed by atoms with Crippen molar-refractivity contribution in [2.75, 3.05) is 27.3 Å². The zero-order chi connectivity index (χ0) is 46.6. The molecule has 4 aliphatic rings. The average molecular weight is 889 g/mol. The van der Waals surface area contributed by atoms with Crippen LogP contribution in [-0.2, 0) is 31.9 Å². The quantitative estimate of drug-likeness (QED) is 0.115. The number of carbonyl (C=O) groups excluding carboxylic acids is 4. The minimum atomic E-state index is -0.716. The Kier molecular flexibility index (Phi) is 12.4. The van der Waals surface area contributed by atoms with Gasteiger partial charge in [-0.05, 0) is 94.4 Å². The number of imidazole rings is 2. The van der Waals surface area contributed by atoms with Crippen LogP contribution >= 0.6 is 0 Å². The summed E-state index contributed by atoms with van der Waals surface area (Å²) < 4.78 is 9.71. The molecule has 8 rings (SSSR count). The zero-order valence-corrected chi connectivity index (χ0v) is 39.9. The van der Waals surface area contributed by atoms with E-state index in [0.717, 1.165) is 59.8 Å². The molecule has 2 aromatic carbocycles. The Labute approximate surface area is 383 Å². The average Bonchev–Trinajstić information content (AvgIpc) is 4.14. The molecule has 2 aliphatic heterocycles. The fourth-order valence-corrected chi connectivity index (χ4v) is 11.3. The maximum atomic E-state index is 14.1. The first kappa shape index (κ1) is 45.9. The van der Waals surface area contributed by atoms with E-state index in [9.17, 15) is 19.2 Å². The molecule has 0 radical (unpaired) electrons. The molecule has 4 atom stereocenters. The molecule has 14 nitrogen and oxygen atoms in total. The van der Waals surface area contributed by atoms with E-state index in [1.165, 1.54) is 62.2 Å². The Hall–Kier alpha value is -5.66. The number of hydrogen-bond donors (Lipinski definition) is 4. The van der Waals surface area contributed by atoms with Crippen molar-refractivity contribution >= 4 is 24.0 Å². The Morgan fingerprint density at radius 3 is 1.55 bits per heavy atom. The zero-order valence-electron chi connectivity index (χ0n) is 39.9. The monoisotopic (exact) mass is 889 g/mol. The van der Waals surface area contributed by atoms with Gasteiger partial charge in [0.1, 0.15) is 23.7 Å². The lowest BCUT2D eigenvalue weighted by atomic mass is 9.82. The van der Waals surface area contributed by atoms with Gasteiger partial charge in [0, 0.05) is 18.7 Å². The number of nitrogens with one attached hydrogen (secondary N) is 4. The molecule has 14 heteroatoms. The van der Waals surface area contributed by atoms with Gasteiger partial charge in [-0.3, -0.25) is 9.59 Å². The van der Waals surface area contributed by atoms with Crippen molar-refractivity contribution < 1.29 is 28.7 Å². The van der Waals surface area contributed by atoms with E-state index in [1.807, 2.05) is 49.9 Å². The number of H-pyrrole nitrogens is 2. The fourth-order valence-electron chi connectivity index (χ4n) is 11.3. The number of hydrogen-bond acceptors (Lipinski definition) is 8. The normalized spacial score (nSPS) is 21.5. The molecule has 1 saturated carbocycles. The van der Waals surface area contributed by atoms with Crippen LogP contribution in [0.4, 0.5) is 9.59 Å². The summed E-state index contributed by atoms with van der Waals surface area (Å²) >= 11 is 0. The molecular weight excluding hydrogens is 821 g/mol. The molecular formula is C51H68N8O6. The van der Waals surface area contributed by atoms with Crippen molar-refractivity contribution in [2.45, 2.75) is 131 Å². The third-order valence-corrected chi connectivity index (χ3v) is 14.6. The molecule has 3 fully saturated rings. The van der Waals surface area contributed by atoms with Crippen LogP contribution in [-0.4, -0.2) is 93.1 Å². The van der Waals surface area contributed by atoms with E-state index >= 15 is 0 Å². The Balaban J connectivity index is 1.06. The molecule has 4 N–H and O–H groups in total. The number of carbonyl (C=O) groups is 4. The number of alkyl carbamates (subject to hydrolysis) is 2. The molecule has 348 valence electrons. The lowest BCUT2D eigenvalue weighted by Gasteiger charge is -2.30. The number of aromatic nitrogens is 4. The van der Waals surface area contributed by atoms with Crippen LogP contribution in [0, 0.1) is 28.1 Å². The number of fused-ring (bicyclic) bond motifs is 1. The summed E-state index contributed by atoms with van der Waals surface area (Å²) in [6, 6.07) is 11.2. The summed E-state index contributed by atoms with van der Waals surface area (Å²) in [7, 11) is 2.61. The molecule has 0 bridgehead atoms. The van der Waals surface area contributed by atoms with E-state index in [2.05, 4.69) is 84.7 Å². The second-order valence-corrected chi connectivity index (χ2v) is 21.5. The lowest BCUT2D eigenvalue weighted by molar-refractivity contribution is -0.136. The maximum absolute atomic E-state index is 14.1. The highest BCUT2D eigenvalue weighted by atomic mass is 16.5. The van der Waals surface area contributed by atoms with E-state index in [4.69, 9.17) is 19.4 Å². The smallest absolute Gasteiger partial charge is 0.407 e. The summed E-state index contributed by atoms with van der Waals surface area (Å²) in [5.74, 6) is 0.963. The topological polar surface area (TPSA) is 175 Å². The second-order valence-electron chi connectivity index (χ2n) is 21.5. The summed E-state index contributed by atoms with van der Waals surface area (Å²) in [5, 5.41) is 5.52. The third kappa shape index (κ3) is 9.14. The highest BCUT2D eigenvalue weighted by Crippen LogP contribution is 2.53. The molecule has 65 heavy (non-hydrogen) atoms. The van der Waals surface area contributed by atoms with Crippen molar-refractivity contribution in [1.29, 1.82) is 0 Å². The van der Waals surface area contributed by atoms with Gasteiger partial charge in [0.05, 0.1) is 50.1 Å². The first-order valence-electron chi connectivity index (χ1n) is 23.5. The summed E-state index contributed by atoms with van der Waals surface area (Å²) in [4.78, 5) is 73.3. The van der Waals surface area contributed by atoms with Crippen LogP contribution in [0.2, 0.25) is 0 Å². The van der Waals surface area contributed by atoms with E-state index in [1.54, 1.807) is 0 Å². The Morgan fingerprint density at radius 1 is 0.646 bits per heavy atom. The van der Waals surface area contributed by atoms with Crippen molar-refractivity contribution in [3.63, 3.8) is 0 Å². The molecule has 2 saturated heterocycles. The van der Waals surface area contributed by atoms with Crippen molar-refractivity contribution in [3.05, 3.63) is 71.6 Å². The molecule has 2 aromatic heterocycles. The van der Waals surface area contributed by atoms with Crippen LogP contribution in [0.1, 0.15) is 129 Å². The Morgan fingerprint density at radius 2 is 1.08 bits per heavy atom. The van der Waals surface area contributed by atoms with E-state index in [-0.39, 0.29) is 52.0 Å². The number of amides is 4. The van der Waals surface area contributed by atoms with Gasteiger partial charge in [-0.25, -0.2) is 19.6 Å². The van der Waals surface area contributed by atoms with Gasteiger partial charge in [-0.1, -0.05) is 105 Å². The molecule has 1 spiro atoms. The first-order valence-corrected chi connectivity index (χ1v) is 23.5. The van der Waals surface area contributed by atoms with Gasteiger partial charge in [-0.2, -0.15) is 0 Å². The minimum Gasteiger partial charge on any atom is -0.453 e. The number of rotatable bonds is 11. The molecule has 4 heterocycles. The standard InChI is InChI=1S/C51H68N8O6/c1-29(2)41(56-47(62)64-9)45(60)58-27-49(5,6)23-39(58)43-52-25-37(54-43)32-15-13-31(14-16-32)33-17-18-34(36-22-51(21-35(33)36)19-11-12-20-51)38-26-53-44(55-38)40-24-50(7,8)28-59(40)46(61)42(30(3)4)57-48(63)65-10/h13-18,25-26,29-30,39-42H,11-12,19-24,27-28H2,1-10H3,(H,52,54)(H,53,55)(H,56,62)(H,57,63)/t39-,40-,41-,42-/m0/s1. The van der Waals surface area contributed by atoms with Crippen molar-refractivity contribution in [2.24, 2.45) is 28.1 Å². The number of aromatic amines is 2. The summed E-state index contributed by atoms with van der Waals surface area (Å²) in [6.45, 7) is 17.5. The van der Waals surface area contributed by atoms with Gasteiger partial charge in [-0.15, -0.1) is 0 Å². The SMILES string of the molecule is COC(=O)N[C@H](C(=O)N1CC(C)(C)C[C@H]1c1ncc(-c2ccc(-c3ccc(-c4cnc([C@@H]5CC(C)(C)CN5C(=O)[C@@H](NC(=O)OC)C(C)C)[nH]4)c4c3CC3(CCCC3)C4)cc2)[nH]1)C(C)C. The van der Waals surface area contributed by atoms with Crippen molar-refractivity contribution in [1.82, 2.24) is 40.4 Å². The fraction of sp³-hybridized carbons (Fsp3) is 0.569. The van der Waals surface area contributed by atoms with Crippen LogP contribution in [0.15, 0.2) is 48.8 Å². The summed E-state index contributed by atoms with van der Waals surface area (Å²) in [6.07, 6.45) is 11.1. The van der Waals surface area contributed by atoms with Gasteiger partial charge < -0.3 is 39.9 Å². The van der Waals surface area contributed by atoms with Crippen LogP contribution < -0.4 is 10.6 Å². The summed E-state index contributed by atoms with van der Waals surface area (Å²) in [5.41, 5.74) is 9.18. The van der Waals surface area contributed by atoms with E-state index < -0.39 is 24.3 Å². The predicted octanol–water partition coefficient (Wildman–Crippen LogP) is 9.15. The number of likely N-dealkylation sites (tertiary alicyclic amines) is 2. The molecule has 4 amide bonds. The van der Waals surface area contributed by atoms with E-state index in [0.29, 0.717) is 13.1 Å². The number of ether oxygens (including phenoxy) is 2. The third-order valence-electron chi connectivity index (χ3n) is 14.6. The minimum absolute atomic E-state index is 0.126. The van der Waals surface area contributed by atoms with Gasteiger partial charge >= 0.3 is 12.2 Å². The highest BCUT2D eigenvalue weighted by Gasteiger charge is 2.47. The predicted molar refractivity (Wildman–Crippen MR) is 249 cm³/mol. The van der Waals surface area contributed by atoms with Crippen molar-refractivity contribution in [3.8, 4) is 33.6 Å². The maximum Gasteiger partial charge on any atom is 0.407 e. The van der Waals surface area contributed by atoms with Crippen LogP contribution in [0.25, 0.3) is 33.6 Å². The number of benzene rings is 2. The largest absolute Gasteiger partial charge is 0.453 e. The van der Waals surface area contributed by atoms with Crippen LogP contribution in [0.5, 0.6) is 0 Å². The van der Waals surface area contributed by atoms with Gasteiger partial charge in [0.2, 0.25) is 11.8 Å². The highest BCUT2D eigenvalue weighted by molar-refractivity contribution is 5.87. The first-order chi connectivity index (χ1) is 30.8. The molecule has 0 unspecified atom stereocenters. The number of nitrogens with zero attached hydrogens (tertiary/aromatic N) is 4. The molecule has 4 aromatic rings. The van der Waals surface area contributed by atoms with Gasteiger partial charge in [0.25, 0.3) is 0 Å². The second kappa shape index (κ2) is 17.6. The molecule has 2 aliphatic carbocycles.